The minimum Gasteiger partial charge on any atom is -0.267 e. The van der Waals surface area contributed by atoms with Crippen LogP contribution < -0.4 is 5.43 Å². The van der Waals surface area contributed by atoms with Crippen LogP contribution in [0.4, 0.5) is 0 Å². The number of nitrogens with one attached hydrogen (secondary N) is 1. The number of halogens is 2. The minimum absolute atomic E-state index is 0.269. The molecule has 0 unspecified atom stereocenters. The SMILES string of the molecule is O=C(N/N=C\c1ccc2ccccc2c1)c1ccn(Cc2ccc(Cl)cc2Cl)n1. The molecule has 0 saturated heterocycles. The lowest BCUT2D eigenvalue weighted by atomic mass is 10.1. The molecule has 7 heteroatoms. The molecule has 144 valence electrons. The lowest BCUT2D eigenvalue weighted by Gasteiger charge is -2.05. The largest absolute Gasteiger partial charge is 0.291 e. The first-order chi connectivity index (χ1) is 14.1. The highest BCUT2D eigenvalue weighted by Crippen LogP contribution is 2.21. The van der Waals surface area contributed by atoms with E-state index in [1.165, 1.54) is 0 Å². The van der Waals surface area contributed by atoms with E-state index in [9.17, 15) is 4.79 Å². The third kappa shape index (κ3) is 4.65. The van der Waals surface area contributed by atoms with Crippen molar-refractivity contribution in [3.05, 3.63) is 99.8 Å². The Labute approximate surface area is 177 Å². The minimum atomic E-state index is -0.386. The van der Waals surface area contributed by atoms with Crippen molar-refractivity contribution >= 4 is 46.1 Å². The molecule has 29 heavy (non-hydrogen) atoms. The van der Waals surface area contributed by atoms with E-state index in [1.807, 2.05) is 48.5 Å². The Hall–Kier alpha value is -3.15. The molecule has 0 aliphatic heterocycles. The standard InChI is InChI=1S/C22H16Cl2N4O/c23-19-8-7-18(20(24)12-19)14-28-10-9-21(27-28)22(29)26-25-13-15-5-6-16-3-1-2-4-17(16)11-15/h1-13H,14H2,(H,26,29)/b25-13-. The summed E-state index contributed by atoms with van der Waals surface area (Å²) < 4.78 is 1.64. The molecule has 4 rings (SSSR count). The lowest BCUT2D eigenvalue weighted by molar-refractivity contribution is 0.0949. The highest BCUT2D eigenvalue weighted by Gasteiger charge is 2.10. The zero-order chi connectivity index (χ0) is 20.2. The summed E-state index contributed by atoms with van der Waals surface area (Å²) in [7, 11) is 0. The number of nitrogens with zero attached hydrogens (tertiary/aromatic N) is 3. The number of hydrogen-bond acceptors (Lipinski definition) is 3. The van der Waals surface area contributed by atoms with Gasteiger partial charge in [-0.25, -0.2) is 5.43 Å². The molecule has 1 heterocycles. The van der Waals surface area contributed by atoms with Crippen molar-refractivity contribution in [1.29, 1.82) is 0 Å². The van der Waals surface area contributed by atoms with Crippen LogP contribution in [-0.4, -0.2) is 21.9 Å². The number of hydrogen-bond donors (Lipinski definition) is 1. The molecule has 1 N–H and O–H groups in total. The average Bonchev–Trinajstić information content (AvgIpc) is 3.19. The maximum Gasteiger partial charge on any atom is 0.291 e. The summed E-state index contributed by atoms with van der Waals surface area (Å²) in [5.41, 5.74) is 4.53. The molecular formula is C22H16Cl2N4O. The number of benzene rings is 3. The van der Waals surface area contributed by atoms with Crippen LogP contribution in [0.3, 0.4) is 0 Å². The van der Waals surface area contributed by atoms with Crippen LogP contribution >= 0.6 is 23.2 Å². The van der Waals surface area contributed by atoms with Gasteiger partial charge in [-0.2, -0.15) is 10.2 Å². The van der Waals surface area contributed by atoms with Crippen LogP contribution in [0.2, 0.25) is 10.0 Å². The van der Waals surface area contributed by atoms with Crippen LogP contribution in [0.5, 0.6) is 0 Å². The zero-order valence-electron chi connectivity index (χ0n) is 15.2. The Bertz CT molecular complexity index is 1220. The van der Waals surface area contributed by atoms with E-state index in [0.29, 0.717) is 16.6 Å². The van der Waals surface area contributed by atoms with Gasteiger partial charge >= 0.3 is 0 Å². The van der Waals surface area contributed by atoms with E-state index in [1.54, 1.807) is 35.3 Å². The fourth-order valence-corrected chi connectivity index (χ4v) is 3.37. The van der Waals surface area contributed by atoms with Gasteiger partial charge in [-0.1, -0.05) is 65.7 Å². The molecule has 0 spiro atoms. The van der Waals surface area contributed by atoms with Gasteiger partial charge in [0.2, 0.25) is 0 Å². The molecular weight excluding hydrogens is 407 g/mol. The summed E-state index contributed by atoms with van der Waals surface area (Å²) >= 11 is 12.1. The number of hydrazone groups is 1. The molecule has 4 aromatic rings. The summed E-state index contributed by atoms with van der Waals surface area (Å²) in [6.07, 6.45) is 3.32. The first-order valence-electron chi connectivity index (χ1n) is 8.88. The summed E-state index contributed by atoms with van der Waals surface area (Å²) in [6.45, 7) is 0.434. The predicted octanol–water partition coefficient (Wildman–Crippen LogP) is 5.16. The Morgan fingerprint density at radius 1 is 1.03 bits per heavy atom. The van der Waals surface area contributed by atoms with E-state index in [-0.39, 0.29) is 11.6 Å². The third-order valence-corrected chi connectivity index (χ3v) is 4.96. The van der Waals surface area contributed by atoms with Gasteiger partial charge in [0, 0.05) is 16.2 Å². The van der Waals surface area contributed by atoms with Crippen molar-refractivity contribution in [3.63, 3.8) is 0 Å². The fraction of sp³-hybridized carbons (Fsp3) is 0.0455. The average molecular weight is 423 g/mol. The second-order valence-electron chi connectivity index (χ2n) is 6.44. The number of carbonyl (C=O) groups is 1. The first-order valence-corrected chi connectivity index (χ1v) is 9.64. The highest BCUT2D eigenvalue weighted by atomic mass is 35.5. The van der Waals surface area contributed by atoms with Crippen LogP contribution in [0.25, 0.3) is 10.8 Å². The quantitative estimate of drug-likeness (QED) is 0.356. The van der Waals surface area contributed by atoms with Crippen molar-refractivity contribution in [2.75, 3.05) is 0 Å². The second-order valence-corrected chi connectivity index (χ2v) is 7.28. The van der Waals surface area contributed by atoms with Gasteiger partial charge in [0.25, 0.3) is 5.91 Å². The third-order valence-electron chi connectivity index (χ3n) is 4.37. The molecule has 0 radical (unpaired) electrons. The van der Waals surface area contributed by atoms with E-state index in [4.69, 9.17) is 23.2 Å². The maximum atomic E-state index is 12.3. The molecule has 0 aliphatic carbocycles. The smallest absolute Gasteiger partial charge is 0.267 e. The molecule has 1 aromatic heterocycles. The zero-order valence-corrected chi connectivity index (χ0v) is 16.7. The van der Waals surface area contributed by atoms with Gasteiger partial charge in [-0.15, -0.1) is 0 Å². The van der Waals surface area contributed by atoms with Crippen LogP contribution in [0, 0.1) is 0 Å². The Morgan fingerprint density at radius 2 is 1.86 bits per heavy atom. The Balaban J connectivity index is 1.40. The predicted molar refractivity (Wildman–Crippen MR) is 117 cm³/mol. The molecule has 1 amide bonds. The van der Waals surface area contributed by atoms with E-state index in [0.717, 1.165) is 21.9 Å². The molecule has 0 fully saturated rings. The summed E-state index contributed by atoms with van der Waals surface area (Å²) in [5, 5.41) is 11.7. The highest BCUT2D eigenvalue weighted by molar-refractivity contribution is 6.35. The number of amides is 1. The second kappa shape index (κ2) is 8.47. The molecule has 0 bridgehead atoms. The number of aromatic nitrogens is 2. The van der Waals surface area contributed by atoms with Gasteiger partial charge in [0.15, 0.2) is 5.69 Å². The Kier molecular flexibility index (Phi) is 5.60. The lowest BCUT2D eigenvalue weighted by Crippen LogP contribution is -2.18. The van der Waals surface area contributed by atoms with Gasteiger partial charge in [0.1, 0.15) is 0 Å². The fourth-order valence-electron chi connectivity index (χ4n) is 2.91. The Morgan fingerprint density at radius 3 is 2.69 bits per heavy atom. The normalized spacial score (nSPS) is 11.2. The molecule has 3 aromatic carbocycles. The van der Waals surface area contributed by atoms with Crippen molar-refractivity contribution in [1.82, 2.24) is 15.2 Å². The summed E-state index contributed by atoms with van der Waals surface area (Å²) in [6, 6.07) is 20.9. The monoisotopic (exact) mass is 422 g/mol. The number of rotatable bonds is 5. The molecule has 5 nitrogen and oxygen atoms in total. The van der Waals surface area contributed by atoms with Crippen molar-refractivity contribution in [2.24, 2.45) is 5.10 Å². The number of fused-ring (bicyclic) bond motifs is 1. The first kappa shape index (κ1) is 19.2. The van der Waals surface area contributed by atoms with Crippen molar-refractivity contribution in [2.45, 2.75) is 6.54 Å². The molecule has 0 aliphatic rings. The topological polar surface area (TPSA) is 59.3 Å². The van der Waals surface area contributed by atoms with Crippen LogP contribution in [-0.2, 0) is 6.54 Å². The number of carbonyl (C=O) groups excluding carboxylic acids is 1. The van der Waals surface area contributed by atoms with Crippen LogP contribution in [0.1, 0.15) is 21.6 Å². The van der Waals surface area contributed by atoms with E-state index >= 15 is 0 Å². The van der Waals surface area contributed by atoms with Crippen molar-refractivity contribution in [3.8, 4) is 0 Å². The van der Waals surface area contributed by atoms with Gasteiger partial charge in [-0.3, -0.25) is 9.48 Å². The molecule has 0 saturated carbocycles. The van der Waals surface area contributed by atoms with Gasteiger partial charge in [-0.05, 0) is 46.2 Å². The van der Waals surface area contributed by atoms with Crippen molar-refractivity contribution < 1.29 is 4.79 Å². The van der Waals surface area contributed by atoms with Crippen LogP contribution in [0.15, 0.2) is 78.0 Å². The molecule has 0 atom stereocenters. The van der Waals surface area contributed by atoms with Gasteiger partial charge < -0.3 is 0 Å². The summed E-state index contributed by atoms with van der Waals surface area (Å²) in [4.78, 5) is 12.3. The van der Waals surface area contributed by atoms with E-state index < -0.39 is 0 Å². The van der Waals surface area contributed by atoms with E-state index in [2.05, 4.69) is 15.6 Å². The van der Waals surface area contributed by atoms with Gasteiger partial charge in [0.05, 0.1) is 12.8 Å². The summed E-state index contributed by atoms with van der Waals surface area (Å²) in [5.74, 6) is -0.386. The maximum absolute atomic E-state index is 12.3.